The molecule has 3 heterocycles. The molecule has 5 rings (SSSR count). The fraction of sp³-hybridized carbons (Fsp3) is 0.621. The van der Waals surface area contributed by atoms with E-state index < -0.39 is 6.10 Å². The molecule has 3 N–H and O–H groups in total. The first kappa shape index (κ1) is 27.2. The van der Waals surface area contributed by atoms with Gasteiger partial charge in [-0.05, 0) is 84.6 Å². The van der Waals surface area contributed by atoms with E-state index in [1.165, 1.54) is 19.3 Å². The molecule has 1 saturated carbocycles. The molecule has 1 aliphatic carbocycles. The average molecular weight is 541 g/mol. The average Bonchev–Trinajstić information content (AvgIpc) is 3.38. The third-order valence-electron chi connectivity index (χ3n) is 8.13. The monoisotopic (exact) mass is 540 g/mol. The molecule has 206 valence electrons. The van der Waals surface area contributed by atoms with Crippen LogP contribution in [0.4, 0.5) is 5.69 Å². The Morgan fingerprint density at radius 1 is 1.08 bits per heavy atom. The number of fused-ring (bicyclic) bond motifs is 1. The zero-order valence-electron chi connectivity index (χ0n) is 23.4. The van der Waals surface area contributed by atoms with Crippen molar-refractivity contribution >= 4 is 28.8 Å². The molecular formula is C29H41ClN6O2. The summed E-state index contributed by atoms with van der Waals surface area (Å²) >= 11 is 6.78. The maximum absolute atomic E-state index is 12.9. The first-order valence-electron chi connectivity index (χ1n) is 13.9. The van der Waals surface area contributed by atoms with Crippen LogP contribution < -0.4 is 10.6 Å². The Hall–Kier alpha value is -2.42. The van der Waals surface area contributed by atoms with Gasteiger partial charge < -0.3 is 15.4 Å². The topological polar surface area (TPSA) is 96.3 Å². The van der Waals surface area contributed by atoms with Crippen molar-refractivity contribution in [2.24, 2.45) is 0 Å². The van der Waals surface area contributed by atoms with Crippen LogP contribution in [0.1, 0.15) is 92.2 Å². The third-order valence-corrected chi connectivity index (χ3v) is 8.49. The summed E-state index contributed by atoms with van der Waals surface area (Å²) in [5, 5.41) is 15.3. The highest BCUT2D eigenvalue weighted by molar-refractivity contribution is 6.34. The van der Waals surface area contributed by atoms with E-state index in [2.05, 4.69) is 55.4 Å². The second kappa shape index (κ2) is 9.96. The SMILES string of the molecule is CC(OC1CC(C)(C)NC(C)(C)C1)C(=O)Nc1ccc(-c2nc3c(Cl)c(C4(C)CCCCC4)[nH]n3n2)cc1. The molecule has 3 aromatic rings. The van der Waals surface area contributed by atoms with Crippen LogP contribution in [0, 0.1) is 0 Å². The van der Waals surface area contributed by atoms with Gasteiger partial charge in [-0.2, -0.15) is 4.63 Å². The van der Waals surface area contributed by atoms with Gasteiger partial charge in [-0.15, -0.1) is 5.10 Å². The number of carbonyl (C=O) groups is 1. The number of amides is 1. The van der Waals surface area contributed by atoms with Crippen LogP contribution >= 0.6 is 11.6 Å². The van der Waals surface area contributed by atoms with Crippen LogP contribution in [0.2, 0.25) is 5.02 Å². The lowest BCUT2D eigenvalue weighted by Crippen LogP contribution is -2.60. The van der Waals surface area contributed by atoms with E-state index in [-0.39, 0.29) is 28.5 Å². The van der Waals surface area contributed by atoms with Crippen LogP contribution in [-0.4, -0.2) is 49.0 Å². The van der Waals surface area contributed by atoms with Crippen LogP contribution in [0.15, 0.2) is 24.3 Å². The lowest BCUT2D eigenvalue weighted by molar-refractivity contribution is -0.133. The number of aromatic nitrogens is 4. The maximum atomic E-state index is 12.9. The Morgan fingerprint density at radius 3 is 2.32 bits per heavy atom. The number of nitrogens with zero attached hydrogens (tertiary/aromatic N) is 3. The van der Waals surface area contributed by atoms with Gasteiger partial charge in [0.1, 0.15) is 11.1 Å². The Bertz CT molecular complexity index is 1290. The highest BCUT2D eigenvalue weighted by Gasteiger charge is 2.39. The van der Waals surface area contributed by atoms with E-state index >= 15 is 0 Å². The molecule has 8 nitrogen and oxygen atoms in total. The summed E-state index contributed by atoms with van der Waals surface area (Å²) in [6.07, 6.45) is 7.14. The summed E-state index contributed by atoms with van der Waals surface area (Å²) in [5.74, 6) is 0.431. The lowest BCUT2D eigenvalue weighted by atomic mass is 9.73. The molecule has 1 amide bonds. The number of benzene rings is 1. The van der Waals surface area contributed by atoms with Gasteiger partial charge in [0.05, 0.1) is 11.8 Å². The summed E-state index contributed by atoms with van der Waals surface area (Å²) in [6, 6.07) is 7.54. The minimum absolute atomic E-state index is 0.0222. The van der Waals surface area contributed by atoms with Crippen molar-refractivity contribution in [2.75, 3.05) is 5.32 Å². The highest BCUT2D eigenvalue weighted by Crippen LogP contribution is 2.42. The highest BCUT2D eigenvalue weighted by atomic mass is 35.5. The number of piperidine rings is 1. The summed E-state index contributed by atoms with van der Waals surface area (Å²) in [6.45, 7) is 12.8. The number of ether oxygens (including phenoxy) is 1. The van der Waals surface area contributed by atoms with Gasteiger partial charge in [0, 0.05) is 27.7 Å². The van der Waals surface area contributed by atoms with E-state index in [0.717, 1.165) is 36.9 Å². The Kier molecular flexibility index (Phi) is 7.12. The van der Waals surface area contributed by atoms with Gasteiger partial charge in [-0.3, -0.25) is 9.89 Å². The van der Waals surface area contributed by atoms with E-state index in [9.17, 15) is 4.79 Å². The molecule has 2 aromatic heterocycles. The molecule has 2 fully saturated rings. The van der Waals surface area contributed by atoms with Gasteiger partial charge in [-0.1, -0.05) is 37.8 Å². The predicted molar refractivity (Wildman–Crippen MR) is 152 cm³/mol. The molecule has 0 radical (unpaired) electrons. The van der Waals surface area contributed by atoms with Crippen molar-refractivity contribution in [3.63, 3.8) is 0 Å². The summed E-state index contributed by atoms with van der Waals surface area (Å²) in [4.78, 5) is 17.6. The van der Waals surface area contributed by atoms with Gasteiger partial charge >= 0.3 is 0 Å². The number of halogens is 1. The van der Waals surface area contributed by atoms with Gasteiger partial charge in [0.15, 0.2) is 11.5 Å². The van der Waals surface area contributed by atoms with Crippen LogP contribution in [-0.2, 0) is 14.9 Å². The molecule has 1 aromatic carbocycles. The molecule has 1 saturated heterocycles. The second-order valence-electron chi connectivity index (χ2n) is 12.9. The van der Waals surface area contributed by atoms with Crippen molar-refractivity contribution in [1.29, 1.82) is 0 Å². The smallest absolute Gasteiger partial charge is 0.253 e. The first-order chi connectivity index (χ1) is 17.8. The molecule has 1 atom stereocenters. The molecule has 1 aliphatic heterocycles. The minimum Gasteiger partial charge on any atom is -0.365 e. The first-order valence-corrected chi connectivity index (χ1v) is 14.2. The quantitative estimate of drug-likeness (QED) is 0.343. The predicted octanol–water partition coefficient (Wildman–Crippen LogP) is 6.25. The summed E-state index contributed by atoms with van der Waals surface area (Å²) in [5.41, 5.74) is 3.21. The van der Waals surface area contributed by atoms with Crippen molar-refractivity contribution in [3.8, 4) is 11.4 Å². The second-order valence-corrected chi connectivity index (χ2v) is 13.2. The fourth-order valence-corrected chi connectivity index (χ4v) is 6.92. The molecule has 2 aliphatic rings. The molecule has 9 heteroatoms. The zero-order chi connectivity index (χ0) is 27.3. The number of hydrogen-bond acceptors (Lipinski definition) is 5. The van der Waals surface area contributed by atoms with Crippen molar-refractivity contribution < 1.29 is 9.53 Å². The zero-order valence-corrected chi connectivity index (χ0v) is 24.2. The lowest BCUT2D eigenvalue weighted by Gasteiger charge is -2.46. The van der Waals surface area contributed by atoms with Gasteiger partial charge in [-0.25, -0.2) is 4.98 Å². The Morgan fingerprint density at radius 2 is 1.71 bits per heavy atom. The van der Waals surface area contributed by atoms with Crippen molar-refractivity contribution in [2.45, 2.75) is 115 Å². The standard InChI is InChI=1S/C29H41ClN6O2/c1-18(38-21-16-27(2,3)35-28(4,5)17-21)26(37)31-20-12-10-19(11-13-20)24-32-25-22(30)23(33-36(25)34-24)29(6)14-8-7-9-15-29/h10-13,18,21,33,35H,7-9,14-17H2,1-6H3,(H,31,37). The molecule has 38 heavy (non-hydrogen) atoms. The molecular weight excluding hydrogens is 500 g/mol. The van der Waals surface area contributed by atoms with E-state index in [1.54, 1.807) is 4.63 Å². The summed E-state index contributed by atoms with van der Waals surface area (Å²) < 4.78 is 7.88. The largest absolute Gasteiger partial charge is 0.365 e. The normalized spacial score (nSPS) is 21.9. The van der Waals surface area contributed by atoms with Crippen LogP contribution in [0.5, 0.6) is 0 Å². The molecule has 1 unspecified atom stereocenters. The molecule has 0 spiro atoms. The number of anilines is 1. The van der Waals surface area contributed by atoms with Crippen LogP contribution in [0.3, 0.4) is 0 Å². The van der Waals surface area contributed by atoms with E-state index in [4.69, 9.17) is 21.3 Å². The minimum atomic E-state index is -0.553. The van der Waals surface area contributed by atoms with Crippen LogP contribution in [0.25, 0.3) is 17.0 Å². The van der Waals surface area contributed by atoms with Gasteiger partial charge in [0.2, 0.25) is 0 Å². The number of aromatic amines is 1. The molecule has 0 bridgehead atoms. The van der Waals surface area contributed by atoms with Crippen molar-refractivity contribution in [3.05, 3.63) is 35.0 Å². The fourth-order valence-electron chi connectivity index (χ4n) is 6.53. The third kappa shape index (κ3) is 5.63. The summed E-state index contributed by atoms with van der Waals surface area (Å²) in [7, 11) is 0. The maximum Gasteiger partial charge on any atom is 0.253 e. The Labute approximate surface area is 230 Å². The van der Waals surface area contributed by atoms with E-state index in [0.29, 0.717) is 22.2 Å². The number of carbonyl (C=O) groups excluding carboxylic acids is 1. The van der Waals surface area contributed by atoms with Crippen molar-refractivity contribution in [1.82, 2.24) is 25.1 Å². The number of hydrogen-bond donors (Lipinski definition) is 3. The Balaban J connectivity index is 1.23. The van der Waals surface area contributed by atoms with E-state index in [1.807, 2.05) is 31.2 Å². The number of nitrogens with one attached hydrogen (secondary N) is 3. The van der Waals surface area contributed by atoms with Gasteiger partial charge in [0.25, 0.3) is 5.91 Å². The number of rotatable bonds is 6. The number of H-pyrrole nitrogens is 1.